The Morgan fingerprint density at radius 2 is 1.81 bits per heavy atom. The van der Waals surface area contributed by atoms with Crippen molar-refractivity contribution in [2.75, 3.05) is 65.6 Å². The van der Waals surface area contributed by atoms with E-state index in [1.165, 1.54) is 0 Å². The SMILES string of the molecule is CCNC(=NCCCCN1CCOCC1)NCCC(=O)N(CC)CC.I. The fourth-order valence-electron chi connectivity index (χ4n) is 2.83. The predicted molar refractivity (Wildman–Crippen MR) is 118 cm³/mol. The van der Waals surface area contributed by atoms with Crippen molar-refractivity contribution in [3.8, 4) is 0 Å². The highest BCUT2D eigenvalue weighted by Gasteiger charge is 2.10. The zero-order chi connectivity index (χ0) is 18.3. The van der Waals surface area contributed by atoms with Gasteiger partial charge in [0.1, 0.15) is 0 Å². The van der Waals surface area contributed by atoms with E-state index in [4.69, 9.17) is 4.74 Å². The van der Waals surface area contributed by atoms with Crippen molar-refractivity contribution in [3.05, 3.63) is 0 Å². The normalized spacial score (nSPS) is 15.3. The second-order valence-corrected chi connectivity index (χ2v) is 6.16. The molecule has 0 aliphatic carbocycles. The number of ether oxygens (including phenoxy) is 1. The first-order valence-corrected chi connectivity index (χ1v) is 9.81. The standard InChI is InChI=1S/C18H37N5O2.HI/c1-4-19-18(21-11-9-17(24)23(5-2)6-3)20-10-7-8-12-22-13-15-25-16-14-22;/h4-16H2,1-3H3,(H2,19,20,21);1H. The molecule has 1 heterocycles. The Morgan fingerprint density at radius 1 is 1.12 bits per heavy atom. The summed E-state index contributed by atoms with van der Waals surface area (Å²) in [4.78, 5) is 20.9. The lowest BCUT2D eigenvalue weighted by Crippen LogP contribution is -2.40. The van der Waals surface area contributed by atoms with E-state index in [0.717, 1.165) is 77.8 Å². The second-order valence-electron chi connectivity index (χ2n) is 6.16. The molecule has 26 heavy (non-hydrogen) atoms. The Kier molecular flexibility index (Phi) is 16.2. The lowest BCUT2D eigenvalue weighted by atomic mass is 10.3. The summed E-state index contributed by atoms with van der Waals surface area (Å²) in [5, 5.41) is 6.50. The summed E-state index contributed by atoms with van der Waals surface area (Å²) in [5.74, 6) is 1.00. The summed E-state index contributed by atoms with van der Waals surface area (Å²) in [6.07, 6.45) is 2.73. The molecule has 1 aliphatic rings. The molecular formula is C18H38IN5O2. The van der Waals surface area contributed by atoms with Gasteiger partial charge < -0.3 is 20.3 Å². The number of unbranched alkanes of at least 4 members (excludes halogenated alkanes) is 1. The van der Waals surface area contributed by atoms with Crippen molar-refractivity contribution in [3.63, 3.8) is 0 Å². The van der Waals surface area contributed by atoms with Gasteiger partial charge in [0.15, 0.2) is 5.96 Å². The minimum atomic E-state index is 0. The van der Waals surface area contributed by atoms with Crippen LogP contribution in [0.2, 0.25) is 0 Å². The number of morpholine rings is 1. The number of amides is 1. The third-order valence-electron chi connectivity index (χ3n) is 4.35. The summed E-state index contributed by atoms with van der Waals surface area (Å²) in [5.41, 5.74) is 0. The smallest absolute Gasteiger partial charge is 0.224 e. The average molecular weight is 483 g/mol. The monoisotopic (exact) mass is 483 g/mol. The number of rotatable bonds is 11. The van der Waals surface area contributed by atoms with Crippen LogP contribution < -0.4 is 10.6 Å². The molecule has 7 nitrogen and oxygen atoms in total. The van der Waals surface area contributed by atoms with E-state index in [2.05, 4.69) is 27.4 Å². The Bertz CT molecular complexity index is 386. The van der Waals surface area contributed by atoms with Crippen molar-refractivity contribution in [2.24, 2.45) is 4.99 Å². The van der Waals surface area contributed by atoms with Crippen molar-refractivity contribution >= 4 is 35.8 Å². The summed E-state index contributed by atoms with van der Waals surface area (Å²) in [6, 6.07) is 0. The molecule has 1 rings (SSSR count). The quantitative estimate of drug-likeness (QED) is 0.202. The summed E-state index contributed by atoms with van der Waals surface area (Å²) < 4.78 is 5.36. The van der Waals surface area contributed by atoms with E-state index in [9.17, 15) is 4.79 Å². The maximum absolute atomic E-state index is 12.0. The van der Waals surface area contributed by atoms with Gasteiger partial charge in [-0.2, -0.15) is 0 Å². The highest BCUT2D eigenvalue weighted by atomic mass is 127. The zero-order valence-electron chi connectivity index (χ0n) is 16.8. The first-order valence-electron chi connectivity index (χ1n) is 9.81. The molecule has 1 fully saturated rings. The van der Waals surface area contributed by atoms with Crippen molar-refractivity contribution in [2.45, 2.75) is 40.0 Å². The highest BCUT2D eigenvalue weighted by molar-refractivity contribution is 14.0. The third-order valence-corrected chi connectivity index (χ3v) is 4.35. The highest BCUT2D eigenvalue weighted by Crippen LogP contribution is 2.00. The predicted octanol–water partition coefficient (Wildman–Crippen LogP) is 1.53. The molecule has 154 valence electrons. The fourth-order valence-corrected chi connectivity index (χ4v) is 2.83. The molecule has 0 unspecified atom stereocenters. The average Bonchev–Trinajstić information content (AvgIpc) is 2.63. The molecular weight excluding hydrogens is 445 g/mol. The first-order chi connectivity index (χ1) is 12.2. The van der Waals surface area contributed by atoms with Crippen LogP contribution in [0.1, 0.15) is 40.0 Å². The number of carbonyl (C=O) groups is 1. The van der Waals surface area contributed by atoms with Crippen LogP contribution in [0.5, 0.6) is 0 Å². The van der Waals surface area contributed by atoms with Crippen molar-refractivity contribution in [1.82, 2.24) is 20.4 Å². The number of guanidine groups is 1. The molecule has 0 saturated carbocycles. The molecule has 1 amide bonds. The molecule has 0 radical (unpaired) electrons. The van der Waals surface area contributed by atoms with E-state index in [0.29, 0.717) is 13.0 Å². The Balaban J connectivity index is 0.00000625. The summed E-state index contributed by atoms with van der Waals surface area (Å²) >= 11 is 0. The summed E-state index contributed by atoms with van der Waals surface area (Å²) in [7, 11) is 0. The van der Waals surface area contributed by atoms with E-state index >= 15 is 0 Å². The molecule has 0 aromatic rings. The van der Waals surface area contributed by atoms with Gasteiger partial charge in [-0.3, -0.25) is 14.7 Å². The van der Waals surface area contributed by atoms with Gasteiger partial charge in [0.05, 0.1) is 13.2 Å². The van der Waals surface area contributed by atoms with Crippen LogP contribution in [0.15, 0.2) is 4.99 Å². The van der Waals surface area contributed by atoms with Crippen LogP contribution in [0.3, 0.4) is 0 Å². The third kappa shape index (κ3) is 11.2. The van der Waals surface area contributed by atoms with Gasteiger partial charge in [-0.1, -0.05) is 0 Å². The molecule has 1 saturated heterocycles. The Labute approximate surface area is 176 Å². The van der Waals surface area contributed by atoms with E-state index in [1.54, 1.807) is 0 Å². The van der Waals surface area contributed by atoms with Gasteiger partial charge in [-0.15, -0.1) is 24.0 Å². The second kappa shape index (κ2) is 16.6. The number of aliphatic imine (C=N–C) groups is 1. The van der Waals surface area contributed by atoms with Crippen LogP contribution >= 0.6 is 24.0 Å². The Hall–Kier alpha value is -0.610. The number of carbonyl (C=O) groups excluding carboxylic acids is 1. The van der Waals surface area contributed by atoms with Crippen LogP contribution in [0.4, 0.5) is 0 Å². The van der Waals surface area contributed by atoms with Gasteiger partial charge in [0, 0.05) is 52.2 Å². The largest absolute Gasteiger partial charge is 0.379 e. The fraction of sp³-hybridized carbons (Fsp3) is 0.889. The van der Waals surface area contributed by atoms with Gasteiger partial charge in [0.25, 0.3) is 0 Å². The summed E-state index contributed by atoms with van der Waals surface area (Å²) in [6.45, 7) is 14.8. The van der Waals surface area contributed by atoms with E-state index in [-0.39, 0.29) is 29.9 Å². The van der Waals surface area contributed by atoms with Gasteiger partial charge >= 0.3 is 0 Å². The van der Waals surface area contributed by atoms with Crippen LogP contribution in [0, 0.1) is 0 Å². The number of hydrogen-bond donors (Lipinski definition) is 2. The number of halogens is 1. The molecule has 0 aromatic heterocycles. The number of nitrogens with zero attached hydrogens (tertiary/aromatic N) is 3. The first kappa shape index (κ1) is 25.4. The number of nitrogens with one attached hydrogen (secondary N) is 2. The van der Waals surface area contributed by atoms with E-state index in [1.807, 2.05) is 18.7 Å². The minimum Gasteiger partial charge on any atom is -0.379 e. The van der Waals surface area contributed by atoms with Gasteiger partial charge in [0.2, 0.25) is 5.91 Å². The number of hydrogen-bond acceptors (Lipinski definition) is 4. The van der Waals surface area contributed by atoms with Crippen LogP contribution in [-0.2, 0) is 9.53 Å². The maximum atomic E-state index is 12.0. The maximum Gasteiger partial charge on any atom is 0.224 e. The molecule has 0 aromatic carbocycles. The van der Waals surface area contributed by atoms with E-state index < -0.39 is 0 Å². The zero-order valence-corrected chi connectivity index (χ0v) is 19.1. The molecule has 0 bridgehead atoms. The van der Waals surface area contributed by atoms with Gasteiger partial charge in [-0.05, 0) is 40.2 Å². The molecule has 2 N–H and O–H groups in total. The molecule has 8 heteroatoms. The van der Waals surface area contributed by atoms with Crippen LogP contribution in [-0.4, -0.2) is 87.2 Å². The topological polar surface area (TPSA) is 69.2 Å². The van der Waals surface area contributed by atoms with Crippen LogP contribution in [0.25, 0.3) is 0 Å². The minimum absolute atomic E-state index is 0. The molecule has 0 spiro atoms. The van der Waals surface area contributed by atoms with Crippen molar-refractivity contribution < 1.29 is 9.53 Å². The Morgan fingerprint density at radius 3 is 2.42 bits per heavy atom. The lowest BCUT2D eigenvalue weighted by molar-refractivity contribution is -0.130. The van der Waals surface area contributed by atoms with Crippen molar-refractivity contribution in [1.29, 1.82) is 0 Å². The molecule has 1 aliphatic heterocycles. The lowest BCUT2D eigenvalue weighted by Gasteiger charge is -2.26. The van der Waals surface area contributed by atoms with Gasteiger partial charge in [-0.25, -0.2) is 0 Å². The molecule has 0 atom stereocenters.